The highest BCUT2D eigenvalue weighted by atomic mass is 79.9. The Morgan fingerprint density at radius 1 is 1.25 bits per heavy atom. The van der Waals surface area contributed by atoms with Gasteiger partial charge >= 0.3 is 0 Å². The number of aryl methyl sites for hydroxylation is 2. The summed E-state index contributed by atoms with van der Waals surface area (Å²) in [6.07, 6.45) is 1.02. The second-order valence-corrected chi connectivity index (χ2v) is 7.63. The van der Waals surface area contributed by atoms with Gasteiger partial charge < -0.3 is 5.32 Å². The molecule has 0 amide bonds. The standard InChI is InChI=1S/C15H20BrN3S/c1-9(8-17-4)7-12-10(2)18-15(19-11(12)3)13-5-6-14(16)20-13/h5-6,9,17H,7-8H2,1-4H3. The van der Waals surface area contributed by atoms with Crippen molar-refractivity contribution in [3.63, 3.8) is 0 Å². The number of hydrogen-bond acceptors (Lipinski definition) is 4. The summed E-state index contributed by atoms with van der Waals surface area (Å²) >= 11 is 5.15. The fraction of sp³-hybridized carbons (Fsp3) is 0.467. The first-order chi connectivity index (χ1) is 9.51. The summed E-state index contributed by atoms with van der Waals surface area (Å²) in [6.45, 7) is 7.43. The average molecular weight is 354 g/mol. The van der Waals surface area contributed by atoms with Crippen LogP contribution in [-0.4, -0.2) is 23.6 Å². The second-order valence-electron chi connectivity index (χ2n) is 5.17. The molecule has 0 radical (unpaired) electrons. The maximum Gasteiger partial charge on any atom is 0.169 e. The summed E-state index contributed by atoms with van der Waals surface area (Å²) in [5, 5.41) is 3.22. The topological polar surface area (TPSA) is 37.8 Å². The van der Waals surface area contributed by atoms with Gasteiger partial charge in [-0.25, -0.2) is 9.97 Å². The molecule has 2 aromatic heterocycles. The van der Waals surface area contributed by atoms with Gasteiger partial charge in [-0.05, 0) is 73.4 Å². The number of rotatable bonds is 5. The van der Waals surface area contributed by atoms with Crippen LogP contribution in [0.25, 0.3) is 10.7 Å². The molecule has 0 aliphatic carbocycles. The highest BCUT2D eigenvalue weighted by Gasteiger charge is 2.13. The molecule has 0 saturated carbocycles. The van der Waals surface area contributed by atoms with Crippen LogP contribution in [0.4, 0.5) is 0 Å². The normalized spacial score (nSPS) is 12.7. The van der Waals surface area contributed by atoms with Crippen LogP contribution in [0.1, 0.15) is 23.9 Å². The van der Waals surface area contributed by atoms with Gasteiger partial charge in [-0.2, -0.15) is 0 Å². The van der Waals surface area contributed by atoms with Crippen LogP contribution < -0.4 is 5.32 Å². The molecule has 0 aliphatic rings. The lowest BCUT2D eigenvalue weighted by Crippen LogP contribution is -2.19. The zero-order valence-corrected chi connectivity index (χ0v) is 14.7. The Kier molecular flexibility index (Phi) is 5.29. The Hall–Kier alpha value is -0.780. The molecule has 1 unspecified atom stereocenters. The zero-order chi connectivity index (χ0) is 14.7. The quantitative estimate of drug-likeness (QED) is 0.883. The van der Waals surface area contributed by atoms with Gasteiger partial charge in [-0.1, -0.05) is 6.92 Å². The van der Waals surface area contributed by atoms with E-state index >= 15 is 0 Å². The summed E-state index contributed by atoms with van der Waals surface area (Å²) in [5.74, 6) is 1.42. The van der Waals surface area contributed by atoms with E-state index in [1.165, 1.54) is 5.56 Å². The molecule has 5 heteroatoms. The molecule has 1 atom stereocenters. The minimum Gasteiger partial charge on any atom is -0.319 e. The van der Waals surface area contributed by atoms with Gasteiger partial charge in [0.15, 0.2) is 5.82 Å². The van der Waals surface area contributed by atoms with Crippen molar-refractivity contribution in [1.29, 1.82) is 0 Å². The van der Waals surface area contributed by atoms with Crippen molar-refractivity contribution < 1.29 is 0 Å². The summed E-state index contributed by atoms with van der Waals surface area (Å²) in [4.78, 5) is 10.5. The highest BCUT2D eigenvalue weighted by molar-refractivity contribution is 9.11. The van der Waals surface area contributed by atoms with Crippen molar-refractivity contribution in [1.82, 2.24) is 15.3 Å². The second kappa shape index (κ2) is 6.78. The van der Waals surface area contributed by atoms with Gasteiger partial charge in [0.05, 0.1) is 8.66 Å². The minimum absolute atomic E-state index is 0.586. The molecule has 1 N–H and O–H groups in total. The predicted molar refractivity (Wildman–Crippen MR) is 89.3 cm³/mol. The van der Waals surface area contributed by atoms with E-state index in [1.807, 2.05) is 13.1 Å². The van der Waals surface area contributed by atoms with Gasteiger partial charge in [0, 0.05) is 11.4 Å². The molecule has 3 nitrogen and oxygen atoms in total. The molecular formula is C15H20BrN3S. The Balaban J connectivity index is 2.29. The molecule has 0 fully saturated rings. The lowest BCUT2D eigenvalue weighted by molar-refractivity contribution is 0.537. The van der Waals surface area contributed by atoms with Crippen LogP contribution in [0.5, 0.6) is 0 Å². The van der Waals surface area contributed by atoms with Crippen molar-refractivity contribution >= 4 is 27.3 Å². The SMILES string of the molecule is CNCC(C)Cc1c(C)nc(-c2ccc(Br)s2)nc1C. The maximum atomic E-state index is 4.69. The van der Waals surface area contributed by atoms with Crippen LogP contribution in [0, 0.1) is 19.8 Å². The van der Waals surface area contributed by atoms with Crippen LogP contribution in [-0.2, 0) is 6.42 Å². The van der Waals surface area contributed by atoms with Crippen LogP contribution in [0.3, 0.4) is 0 Å². The van der Waals surface area contributed by atoms with Crippen LogP contribution in [0.2, 0.25) is 0 Å². The van der Waals surface area contributed by atoms with Gasteiger partial charge in [-0.3, -0.25) is 0 Å². The van der Waals surface area contributed by atoms with E-state index in [4.69, 9.17) is 0 Å². The van der Waals surface area contributed by atoms with E-state index in [9.17, 15) is 0 Å². The van der Waals surface area contributed by atoms with Crippen molar-refractivity contribution in [2.24, 2.45) is 5.92 Å². The van der Waals surface area contributed by atoms with E-state index in [-0.39, 0.29) is 0 Å². The summed E-state index contributed by atoms with van der Waals surface area (Å²) in [5.41, 5.74) is 3.48. The lowest BCUT2D eigenvalue weighted by Gasteiger charge is -2.15. The zero-order valence-electron chi connectivity index (χ0n) is 12.3. The van der Waals surface area contributed by atoms with E-state index in [0.717, 1.165) is 38.8 Å². The average Bonchev–Trinajstić information content (AvgIpc) is 2.80. The largest absolute Gasteiger partial charge is 0.319 e. The third kappa shape index (κ3) is 3.65. The predicted octanol–water partition coefficient (Wildman–Crippen LogP) is 3.98. The first-order valence-corrected chi connectivity index (χ1v) is 8.36. The monoisotopic (exact) mass is 353 g/mol. The molecule has 0 bridgehead atoms. The van der Waals surface area contributed by atoms with Crippen molar-refractivity contribution in [3.8, 4) is 10.7 Å². The van der Waals surface area contributed by atoms with Gasteiger partial charge in [0.2, 0.25) is 0 Å². The number of hydrogen-bond donors (Lipinski definition) is 1. The number of thiophene rings is 1. The minimum atomic E-state index is 0.586. The molecule has 2 heterocycles. The molecule has 2 aromatic rings. The molecule has 108 valence electrons. The van der Waals surface area contributed by atoms with Gasteiger partial charge in [-0.15, -0.1) is 11.3 Å². The number of halogens is 1. The third-order valence-corrected chi connectivity index (χ3v) is 4.94. The molecule has 0 saturated heterocycles. The maximum absolute atomic E-state index is 4.69. The van der Waals surface area contributed by atoms with Crippen molar-refractivity contribution in [3.05, 3.63) is 32.9 Å². The smallest absolute Gasteiger partial charge is 0.169 e. The van der Waals surface area contributed by atoms with E-state index < -0.39 is 0 Å². The molecule has 20 heavy (non-hydrogen) atoms. The summed E-state index contributed by atoms with van der Waals surface area (Å²) < 4.78 is 1.11. The summed E-state index contributed by atoms with van der Waals surface area (Å²) in [7, 11) is 1.99. The Labute approximate surface area is 133 Å². The van der Waals surface area contributed by atoms with E-state index in [1.54, 1.807) is 11.3 Å². The fourth-order valence-electron chi connectivity index (χ4n) is 2.35. The van der Waals surface area contributed by atoms with E-state index in [0.29, 0.717) is 5.92 Å². The molecule has 2 rings (SSSR count). The number of aromatic nitrogens is 2. The van der Waals surface area contributed by atoms with Crippen LogP contribution >= 0.6 is 27.3 Å². The molecule has 0 aliphatic heterocycles. The lowest BCUT2D eigenvalue weighted by atomic mass is 9.99. The number of nitrogens with zero attached hydrogens (tertiary/aromatic N) is 2. The van der Waals surface area contributed by atoms with Crippen molar-refractivity contribution in [2.45, 2.75) is 27.2 Å². The Bertz CT molecular complexity index is 572. The van der Waals surface area contributed by atoms with Crippen molar-refractivity contribution in [2.75, 3.05) is 13.6 Å². The highest BCUT2D eigenvalue weighted by Crippen LogP contribution is 2.30. The first kappa shape index (κ1) is 15.6. The third-order valence-electron chi connectivity index (χ3n) is 3.32. The van der Waals surface area contributed by atoms with Crippen LogP contribution in [0.15, 0.2) is 15.9 Å². The van der Waals surface area contributed by atoms with E-state index in [2.05, 4.69) is 58.1 Å². The summed E-state index contributed by atoms with van der Waals surface area (Å²) in [6, 6.07) is 4.10. The fourth-order valence-corrected chi connectivity index (χ4v) is 3.67. The molecular weight excluding hydrogens is 334 g/mol. The van der Waals surface area contributed by atoms with Gasteiger partial charge in [0.25, 0.3) is 0 Å². The van der Waals surface area contributed by atoms with Gasteiger partial charge in [0.1, 0.15) is 0 Å². The first-order valence-electron chi connectivity index (χ1n) is 6.75. The number of nitrogens with one attached hydrogen (secondary N) is 1. The Morgan fingerprint density at radius 2 is 1.90 bits per heavy atom. The Morgan fingerprint density at radius 3 is 2.40 bits per heavy atom. The molecule has 0 aromatic carbocycles. The molecule has 0 spiro atoms.